The molecule has 1 aliphatic rings. The zero-order valence-electron chi connectivity index (χ0n) is 11.6. The lowest BCUT2D eigenvalue weighted by Gasteiger charge is -2.23. The smallest absolute Gasteiger partial charge is 0.240 e. The fraction of sp³-hybridized carbons (Fsp3) is 0.500. The third-order valence-corrected chi connectivity index (χ3v) is 5.75. The molecule has 0 spiro atoms. The number of nitrogens with one attached hydrogen (secondary N) is 1. The van der Waals surface area contributed by atoms with E-state index >= 15 is 0 Å². The molecule has 7 nitrogen and oxygen atoms in total. The molecule has 21 heavy (non-hydrogen) atoms. The molecule has 1 heterocycles. The van der Waals surface area contributed by atoms with Gasteiger partial charge in [0, 0.05) is 13.2 Å². The Labute approximate surface area is 124 Å². The van der Waals surface area contributed by atoms with E-state index < -0.39 is 25.6 Å². The molecule has 0 aromatic heterocycles. The molecular weight excluding hydrogens is 316 g/mol. The van der Waals surface area contributed by atoms with Gasteiger partial charge in [0.05, 0.1) is 15.4 Å². The van der Waals surface area contributed by atoms with Gasteiger partial charge in [0.25, 0.3) is 0 Å². The van der Waals surface area contributed by atoms with Crippen molar-refractivity contribution in [3.05, 3.63) is 24.3 Å². The van der Waals surface area contributed by atoms with Crippen LogP contribution in [0.3, 0.4) is 0 Å². The molecule has 1 fully saturated rings. The van der Waals surface area contributed by atoms with Gasteiger partial charge in [0.15, 0.2) is 0 Å². The SMILES string of the molecule is CC1(CNS(=O)(=O)c2ccc(S(N)(=O)=O)cc2)CCCO1. The maximum absolute atomic E-state index is 12.1. The first-order valence-electron chi connectivity index (χ1n) is 6.39. The Morgan fingerprint density at radius 1 is 1.19 bits per heavy atom. The van der Waals surface area contributed by atoms with Gasteiger partial charge in [-0.15, -0.1) is 0 Å². The fourth-order valence-corrected chi connectivity index (χ4v) is 3.79. The largest absolute Gasteiger partial charge is 0.374 e. The molecule has 0 bridgehead atoms. The van der Waals surface area contributed by atoms with Gasteiger partial charge in [-0.2, -0.15) is 0 Å². The van der Waals surface area contributed by atoms with Crippen molar-refractivity contribution in [3.8, 4) is 0 Å². The van der Waals surface area contributed by atoms with Crippen molar-refractivity contribution in [2.45, 2.75) is 35.2 Å². The number of hydrogen-bond donors (Lipinski definition) is 2. The summed E-state index contributed by atoms with van der Waals surface area (Å²) in [6, 6.07) is 4.75. The Morgan fingerprint density at radius 2 is 1.76 bits per heavy atom. The van der Waals surface area contributed by atoms with Gasteiger partial charge in [-0.05, 0) is 44.0 Å². The molecule has 3 N–H and O–H groups in total. The van der Waals surface area contributed by atoms with E-state index in [4.69, 9.17) is 9.88 Å². The van der Waals surface area contributed by atoms with E-state index in [1.807, 2.05) is 6.92 Å². The van der Waals surface area contributed by atoms with Crippen LogP contribution in [0, 0.1) is 0 Å². The first-order valence-corrected chi connectivity index (χ1v) is 9.42. The molecule has 1 aromatic carbocycles. The summed E-state index contributed by atoms with van der Waals surface area (Å²) in [6.45, 7) is 2.65. The summed E-state index contributed by atoms with van der Waals surface area (Å²) in [5, 5.41) is 4.97. The number of hydrogen-bond acceptors (Lipinski definition) is 5. The summed E-state index contributed by atoms with van der Waals surface area (Å²) in [5.74, 6) is 0. The van der Waals surface area contributed by atoms with Gasteiger partial charge >= 0.3 is 0 Å². The van der Waals surface area contributed by atoms with Crippen LogP contribution in [-0.2, 0) is 24.8 Å². The van der Waals surface area contributed by atoms with E-state index in [-0.39, 0.29) is 16.3 Å². The maximum Gasteiger partial charge on any atom is 0.240 e. The average Bonchev–Trinajstić information content (AvgIpc) is 2.84. The fourth-order valence-electron chi connectivity index (χ4n) is 2.12. The molecule has 0 saturated carbocycles. The van der Waals surface area contributed by atoms with E-state index in [1.54, 1.807) is 0 Å². The van der Waals surface area contributed by atoms with Crippen LogP contribution in [0.1, 0.15) is 19.8 Å². The Morgan fingerprint density at radius 3 is 2.24 bits per heavy atom. The lowest BCUT2D eigenvalue weighted by atomic mass is 10.0. The highest BCUT2D eigenvalue weighted by Gasteiger charge is 2.31. The Bertz CT molecular complexity index is 705. The van der Waals surface area contributed by atoms with Crippen LogP contribution in [0.2, 0.25) is 0 Å². The van der Waals surface area contributed by atoms with Crippen LogP contribution >= 0.6 is 0 Å². The summed E-state index contributed by atoms with van der Waals surface area (Å²) >= 11 is 0. The van der Waals surface area contributed by atoms with E-state index in [1.165, 1.54) is 12.1 Å². The minimum absolute atomic E-state index is 0.0171. The van der Waals surface area contributed by atoms with Gasteiger partial charge in [-0.25, -0.2) is 26.7 Å². The summed E-state index contributed by atoms with van der Waals surface area (Å²) < 4.78 is 54.5. The molecule has 0 aliphatic carbocycles. The minimum atomic E-state index is -3.84. The van der Waals surface area contributed by atoms with E-state index in [0.717, 1.165) is 25.0 Å². The second-order valence-electron chi connectivity index (χ2n) is 5.24. The first kappa shape index (κ1) is 16.4. The molecule has 0 amide bonds. The molecular formula is C12H18N2O5S2. The third-order valence-electron chi connectivity index (χ3n) is 3.40. The van der Waals surface area contributed by atoms with Crippen molar-refractivity contribution in [3.63, 3.8) is 0 Å². The number of sulfonamides is 2. The zero-order chi connectivity index (χ0) is 15.7. The second-order valence-corrected chi connectivity index (χ2v) is 8.57. The molecule has 118 valence electrons. The molecule has 1 aromatic rings. The van der Waals surface area contributed by atoms with Crippen molar-refractivity contribution in [2.24, 2.45) is 5.14 Å². The van der Waals surface area contributed by atoms with Crippen molar-refractivity contribution in [1.82, 2.24) is 4.72 Å². The zero-order valence-corrected chi connectivity index (χ0v) is 13.2. The van der Waals surface area contributed by atoms with Crippen molar-refractivity contribution < 1.29 is 21.6 Å². The highest BCUT2D eigenvalue weighted by Crippen LogP contribution is 2.24. The average molecular weight is 334 g/mol. The lowest BCUT2D eigenvalue weighted by Crippen LogP contribution is -2.40. The lowest BCUT2D eigenvalue weighted by molar-refractivity contribution is 0.0250. The summed E-state index contributed by atoms with van der Waals surface area (Å²) in [4.78, 5) is -0.149. The second kappa shape index (κ2) is 5.65. The van der Waals surface area contributed by atoms with Crippen LogP contribution in [0.25, 0.3) is 0 Å². The van der Waals surface area contributed by atoms with Crippen LogP contribution < -0.4 is 9.86 Å². The van der Waals surface area contributed by atoms with Gasteiger partial charge in [0.2, 0.25) is 20.0 Å². The number of ether oxygens (including phenoxy) is 1. The van der Waals surface area contributed by atoms with Crippen LogP contribution in [-0.4, -0.2) is 35.6 Å². The van der Waals surface area contributed by atoms with Gasteiger partial charge in [0.1, 0.15) is 0 Å². The van der Waals surface area contributed by atoms with Gasteiger partial charge in [-0.3, -0.25) is 0 Å². The van der Waals surface area contributed by atoms with Gasteiger partial charge in [-0.1, -0.05) is 0 Å². The molecule has 1 atom stereocenters. The standard InChI is InChI=1S/C12H18N2O5S2/c1-12(7-2-8-19-12)9-14-21(17,18)11-5-3-10(4-6-11)20(13,15)16/h3-6,14H,2,7-9H2,1H3,(H2,13,15,16). The third kappa shape index (κ3) is 4.01. The minimum Gasteiger partial charge on any atom is -0.374 e. The number of rotatable bonds is 5. The molecule has 9 heteroatoms. The molecule has 0 radical (unpaired) electrons. The quantitative estimate of drug-likeness (QED) is 0.797. The highest BCUT2D eigenvalue weighted by molar-refractivity contribution is 7.89. The van der Waals surface area contributed by atoms with E-state index in [2.05, 4.69) is 4.72 Å². The van der Waals surface area contributed by atoms with Crippen molar-refractivity contribution in [2.75, 3.05) is 13.2 Å². The van der Waals surface area contributed by atoms with Crippen molar-refractivity contribution >= 4 is 20.0 Å². The maximum atomic E-state index is 12.1. The molecule has 1 unspecified atom stereocenters. The molecule has 2 rings (SSSR count). The summed E-state index contributed by atoms with van der Waals surface area (Å²) in [5.41, 5.74) is -0.492. The Balaban J connectivity index is 2.12. The van der Waals surface area contributed by atoms with Crippen molar-refractivity contribution in [1.29, 1.82) is 0 Å². The summed E-state index contributed by atoms with van der Waals surface area (Å²) in [7, 11) is -7.55. The van der Waals surface area contributed by atoms with Crippen LogP contribution in [0.15, 0.2) is 34.1 Å². The number of primary sulfonamides is 1. The topological polar surface area (TPSA) is 116 Å². The highest BCUT2D eigenvalue weighted by atomic mass is 32.2. The normalized spacial score (nSPS) is 23.3. The Kier molecular flexibility index (Phi) is 4.41. The summed E-state index contributed by atoms with van der Waals surface area (Å²) in [6.07, 6.45) is 1.70. The Hall–Kier alpha value is -1.00. The number of nitrogens with two attached hydrogens (primary N) is 1. The van der Waals surface area contributed by atoms with E-state index in [0.29, 0.717) is 6.61 Å². The number of benzene rings is 1. The van der Waals surface area contributed by atoms with E-state index in [9.17, 15) is 16.8 Å². The molecule has 1 aliphatic heterocycles. The van der Waals surface area contributed by atoms with Crippen LogP contribution in [0.5, 0.6) is 0 Å². The molecule has 1 saturated heterocycles. The van der Waals surface area contributed by atoms with Crippen LogP contribution in [0.4, 0.5) is 0 Å². The monoisotopic (exact) mass is 334 g/mol. The van der Waals surface area contributed by atoms with Gasteiger partial charge < -0.3 is 4.74 Å². The predicted molar refractivity (Wildman–Crippen MR) is 76.6 cm³/mol. The first-order chi connectivity index (χ1) is 9.62. The predicted octanol–water partition coefficient (Wildman–Crippen LogP) is 0.181.